The standard InChI is InChI=1S/C25H26FN3O3/c1-16-5-3-4-6-22(16)27-23-17(2)24(30)29(32)15-21(23)25(31)28-13-11-19(12-14-28)18-7-9-20(26)10-8-18/h3-10,15,19,27,32H,11-14H2,1-2H3. The Labute approximate surface area is 185 Å². The van der Waals surface area contributed by atoms with Crippen LogP contribution in [0.25, 0.3) is 0 Å². The van der Waals surface area contributed by atoms with Crippen LogP contribution in [0, 0.1) is 19.7 Å². The number of amides is 1. The van der Waals surface area contributed by atoms with Crippen LogP contribution in [0.15, 0.2) is 59.5 Å². The normalized spacial score (nSPS) is 14.4. The van der Waals surface area contributed by atoms with Crippen LogP contribution in [0.1, 0.15) is 45.8 Å². The zero-order chi connectivity index (χ0) is 22.8. The largest absolute Gasteiger partial charge is 0.425 e. The molecule has 7 heteroatoms. The Kier molecular flexibility index (Phi) is 5.99. The van der Waals surface area contributed by atoms with Gasteiger partial charge in [0, 0.05) is 24.3 Å². The first-order chi connectivity index (χ1) is 15.3. The number of hydrogen-bond donors (Lipinski definition) is 2. The molecule has 6 nitrogen and oxygen atoms in total. The topological polar surface area (TPSA) is 74.6 Å². The van der Waals surface area contributed by atoms with Crippen molar-refractivity contribution in [3.8, 4) is 0 Å². The first kappa shape index (κ1) is 21.6. The van der Waals surface area contributed by atoms with Gasteiger partial charge in [0.05, 0.1) is 17.4 Å². The van der Waals surface area contributed by atoms with E-state index in [1.807, 2.05) is 31.2 Å². The molecule has 2 heterocycles. The summed E-state index contributed by atoms with van der Waals surface area (Å²) in [5.74, 6) is -0.244. The maximum atomic E-state index is 13.4. The summed E-state index contributed by atoms with van der Waals surface area (Å²) in [7, 11) is 0. The lowest BCUT2D eigenvalue weighted by molar-refractivity contribution is 0.0708. The van der Waals surface area contributed by atoms with Crippen LogP contribution in [-0.2, 0) is 0 Å². The lowest BCUT2D eigenvalue weighted by Gasteiger charge is -2.33. The molecule has 2 aromatic carbocycles. The fourth-order valence-corrected chi connectivity index (χ4v) is 4.22. The predicted octanol–water partition coefficient (Wildman–Crippen LogP) is 4.60. The molecule has 0 unspecified atom stereocenters. The van der Waals surface area contributed by atoms with E-state index in [4.69, 9.17) is 0 Å². The first-order valence-electron chi connectivity index (χ1n) is 10.7. The van der Waals surface area contributed by atoms with E-state index in [0.717, 1.165) is 29.7 Å². The third kappa shape index (κ3) is 4.23. The molecule has 0 aliphatic carbocycles. The second kappa shape index (κ2) is 8.86. The predicted molar refractivity (Wildman–Crippen MR) is 121 cm³/mol. The average Bonchev–Trinajstić information content (AvgIpc) is 2.80. The summed E-state index contributed by atoms with van der Waals surface area (Å²) in [6, 6.07) is 14.1. The number of pyridine rings is 1. The highest BCUT2D eigenvalue weighted by atomic mass is 19.1. The van der Waals surface area contributed by atoms with Gasteiger partial charge in [-0.1, -0.05) is 30.3 Å². The summed E-state index contributed by atoms with van der Waals surface area (Å²) in [6.07, 6.45) is 2.70. The number of nitrogens with zero attached hydrogens (tertiary/aromatic N) is 2. The molecule has 0 saturated carbocycles. The van der Waals surface area contributed by atoms with Gasteiger partial charge in [-0.15, -0.1) is 0 Å². The van der Waals surface area contributed by atoms with Crippen molar-refractivity contribution in [1.82, 2.24) is 9.63 Å². The number of benzene rings is 2. The second-order valence-electron chi connectivity index (χ2n) is 8.25. The highest BCUT2D eigenvalue weighted by Crippen LogP contribution is 2.31. The lowest BCUT2D eigenvalue weighted by atomic mass is 9.89. The number of aryl methyl sites for hydroxylation is 1. The van der Waals surface area contributed by atoms with Crippen molar-refractivity contribution >= 4 is 17.3 Å². The summed E-state index contributed by atoms with van der Waals surface area (Å²) in [6.45, 7) is 4.60. The van der Waals surface area contributed by atoms with Gasteiger partial charge in [-0.2, -0.15) is 4.73 Å². The highest BCUT2D eigenvalue weighted by Gasteiger charge is 2.28. The van der Waals surface area contributed by atoms with Crippen molar-refractivity contribution in [2.75, 3.05) is 18.4 Å². The summed E-state index contributed by atoms with van der Waals surface area (Å²) in [5, 5.41) is 13.3. The Hall–Kier alpha value is -3.61. The van der Waals surface area contributed by atoms with E-state index < -0.39 is 5.56 Å². The third-order valence-electron chi connectivity index (χ3n) is 6.18. The Morgan fingerprint density at radius 2 is 1.72 bits per heavy atom. The minimum absolute atomic E-state index is 0.244. The van der Waals surface area contributed by atoms with Crippen LogP contribution in [0.5, 0.6) is 0 Å². The Balaban J connectivity index is 1.59. The van der Waals surface area contributed by atoms with E-state index in [1.54, 1.807) is 24.0 Å². The number of piperidine rings is 1. The zero-order valence-electron chi connectivity index (χ0n) is 18.1. The molecule has 1 saturated heterocycles. The number of carbonyl (C=O) groups is 1. The molecule has 166 valence electrons. The van der Waals surface area contributed by atoms with Crippen molar-refractivity contribution in [1.29, 1.82) is 0 Å². The van der Waals surface area contributed by atoms with Crippen LogP contribution < -0.4 is 10.9 Å². The van der Waals surface area contributed by atoms with Crippen molar-refractivity contribution in [3.63, 3.8) is 0 Å². The van der Waals surface area contributed by atoms with Gasteiger partial charge in [0.25, 0.3) is 11.5 Å². The molecule has 4 rings (SSSR count). The molecular weight excluding hydrogens is 409 g/mol. The van der Waals surface area contributed by atoms with Gasteiger partial charge in [-0.05, 0) is 61.9 Å². The van der Waals surface area contributed by atoms with Gasteiger partial charge in [0.1, 0.15) is 5.82 Å². The minimum atomic E-state index is -0.576. The molecule has 3 aromatic rings. The molecule has 0 radical (unpaired) electrons. The molecule has 1 amide bonds. The molecule has 0 spiro atoms. The van der Waals surface area contributed by atoms with Crippen LogP contribution in [0.3, 0.4) is 0 Å². The number of aromatic nitrogens is 1. The second-order valence-corrected chi connectivity index (χ2v) is 8.25. The molecule has 1 aliphatic heterocycles. The molecule has 1 aliphatic rings. The first-order valence-corrected chi connectivity index (χ1v) is 10.7. The maximum absolute atomic E-state index is 13.4. The van der Waals surface area contributed by atoms with Gasteiger partial charge in [-0.3, -0.25) is 9.59 Å². The summed E-state index contributed by atoms with van der Waals surface area (Å²) < 4.78 is 13.7. The van der Waals surface area contributed by atoms with Crippen molar-refractivity contribution in [3.05, 3.63) is 93.2 Å². The Bertz CT molecular complexity index is 1200. The molecular formula is C25H26FN3O3. The average molecular weight is 435 g/mol. The van der Waals surface area contributed by atoms with Crippen LogP contribution in [0.4, 0.5) is 15.8 Å². The van der Waals surface area contributed by atoms with E-state index >= 15 is 0 Å². The SMILES string of the molecule is Cc1ccccc1Nc1c(C(=O)N2CCC(c3ccc(F)cc3)CC2)cn(O)c(=O)c1C. The number of hydrogen-bond acceptors (Lipinski definition) is 4. The van der Waals surface area contributed by atoms with Crippen molar-refractivity contribution < 1.29 is 14.4 Å². The van der Waals surface area contributed by atoms with Crippen LogP contribution >= 0.6 is 0 Å². The summed E-state index contributed by atoms with van der Waals surface area (Å²) in [4.78, 5) is 27.5. The van der Waals surface area contributed by atoms with Gasteiger partial charge in [0.2, 0.25) is 0 Å². The fraction of sp³-hybridized carbons (Fsp3) is 0.280. The molecule has 0 atom stereocenters. The number of rotatable bonds is 4. The molecule has 32 heavy (non-hydrogen) atoms. The molecule has 0 bridgehead atoms. The third-order valence-corrected chi connectivity index (χ3v) is 6.18. The van der Waals surface area contributed by atoms with Crippen LogP contribution in [0.2, 0.25) is 0 Å². The van der Waals surface area contributed by atoms with E-state index in [9.17, 15) is 19.2 Å². The monoisotopic (exact) mass is 435 g/mol. The molecule has 1 fully saturated rings. The number of anilines is 2. The van der Waals surface area contributed by atoms with Gasteiger partial charge < -0.3 is 15.4 Å². The van der Waals surface area contributed by atoms with E-state index in [0.29, 0.717) is 23.5 Å². The van der Waals surface area contributed by atoms with E-state index in [-0.39, 0.29) is 28.8 Å². The number of carbonyl (C=O) groups excluding carboxylic acids is 1. The van der Waals surface area contributed by atoms with Crippen LogP contribution in [-0.4, -0.2) is 33.8 Å². The van der Waals surface area contributed by atoms with Gasteiger partial charge >= 0.3 is 0 Å². The number of halogens is 1. The van der Waals surface area contributed by atoms with E-state index in [2.05, 4.69) is 5.32 Å². The fourth-order valence-electron chi connectivity index (χ4n) is 4.22. The van der Waals surface area contributed by atoms with Crippen molar-refractivity contribution in [2.24, 2.45) is 0 Å². The minimum Gasteiger partial charge on any atom is -0.425 e. The maximum Gasteiger partial charge on any atom is 0.287 e. The summed E-state index contributed by atoms with van der Waals surface area (Å²) in [5.41, 5.74) is 3.16. The lowest BCUT2D eigenvalue weighted by Crippen LogP contribution is -2.39. The smallest absolute Gasteiger partial charge is 0.287 e. The number of para-hydroxylation sites is 1. The van der Waals surface area contributed by atoms with Crippen molar-refractivity contribution in [2.45, 2.75) is 32.6 Å². The number of nitrogens with one attached hydrogen (secondary N) is 1. The Morgan fingerprint density at radius 1 is 1.06 bits per heavy atom. The quantitative estimate of drug-likeness (QED) is 0.587. The van der Waals surface area contributed by atoms with Gasteiger partial charge in [0.15, 0.2) is 0 Å². The summed E-state index contributed by atoms with van der Waals surface area (Å²) >= 11 is 0. The molecule has 2 N–H and O–H groups in total. The zero-order valence-corrected chi connectivity index (χ0v) is 18.1. The number of likely N-dealkylation sites (tertiary alicyclic amines) is 1. The van der Waals surface area contributed by atoms with E-state index in [1.165, 1.54) is 18.3 Å². The Morgan fingerprint density at radius 3 is 2.38 bits per heavy atom. The molecule has 1 aromatic heterocycles. The highest BCUT2D eigenvalue weighted by molar-refractivity contribution is 6.00. The van der Waals surface area contributed by atoms with Gasteiger partial charge in [-0.25, -0.2) is 4.39 Å².